The van der Waals surface area contributed by atoms with E-state index < -0.39 is 0 Å². The summed E-state index contributed by atoms with van der Waals surface area (Å²) in [7, 11) is 0. The molecule has 0 radical (unpaired) electrons. The molecule has 1 aliphatic rings. The van der Waals surface area contributed by atoms with Crippen molar-refractivity contribution in [2.45, 2.75) is 40.0 Å². The third-order valence-electron chi connectivity index (χ3n) is 5.37. The van der Waals surface area contributed by atoms with Gasteiger partial charge in [0.25, 0.3) is 0 Å². The van der Waals surface area contributed by atoms with E-state index in [1.54, 1.807) is 24.6 Å². The molecule has 30 heavy (non-hydrogen) atoms. The minimum Gasteiger partial charge on any atom is -0.462 e. The van der Waals surface area contributed by atoms with Crippen LogP contribution in [0.3, 0.4) is 0 Å². The SMILES string of the molecule is CCOC(=O)c1ccc(C)cc1.Cc1ccccc1CCC1=Cc2ccccc2C1. The van der Waals surface area contributed by atoms with Crippen molar-refractivity contribution in [1.29, 1.82) is 0 Å². The first-order valence-electron chi connectivity index (χ1n) is 10.6. The predicted molar refractivity (Wildman–Crippen MR) is 125 cm³/mol. The normalized spacial score (nSPS) is 11.8. The number of esters is 1. The number of carbonyl (C=O) groups excluding carboxylic acids is 1. The number of aryl methyl sites for hydroxylation is 3. The third kappa shape index (κ3) is 5.93. The molecule has 0 atom stereocenters. The molecule has 0 saturated heterocycles. The molecule has 3 aromatic carbocycles. The molecule has 0 aliphatic heterocycles. The molecule has 0 aromatic heterocycles. The van der Waals surface area contributed by atoms with Gasteiger partial charge in [0.2, 0.25) is 0 Å². The molecule has 0 N–H and O–H groups in total. The van der Waals surface area contributed by atoms with Gasteiger partial charge in [0.15, 0.2) is 0 Å². The molecule has 0 heterocycles. The molecule has 0 amide bonds. The monoisotopic (exact) mass is 398 g/mol. The summed E-state index contributed by atoms with van der Waals surface area (Å²) in [5.41, 5.74) is 9.11. The van der Waals surface area contributed by atoms with Crippen LogP contribution in [0.2, 0.25) is 0 Å². The molecule has 154 valence electrons. The van der Waals surface area contributed by atoms with Gasteiger partial charge in [-0.3, -0.25) is 0 Å². The smallest absolute Gasteiger partial charge is 0.338 e. The molecule has 3 aromatic rings. The Kier molecular flexibility index (Phi) is 7.62. The number of rotatable bonds is 5. The Morgan fingerprint density at radius 2 is 1.57 bits per heavy atom. The van der Waals surface area contributed by atoms with Crippen LogP contribution in [0, 0.1) is 13.8 Å². The van der Waals surface area contributed by atoms with Crippen molar-refractivity contribution in [3.63, 3.8) is 0 Å². The second-order valence-electron chi connectivity index (χ2n) is 7.69. The van der Waals surface area contributed by atoms with Crippen molar-refractivity contribution in [2.24, 2.45) is 0 Å². The summed E-state index contributed by atoms with van der Waals surface area (Å²) in [6.07, 6.45) is 5.85. The zero-order valence-corrected chi connectivity index (χ0v) is 18.2. The summed E-state index contributed by atoms with van der Waals surface area (Å²) in [5, 5.41) is 0. The van der Waals surface area contributed by atoms with E-state index >= 15 is 0 Å². The number of allylic oxidation sites excluding steroid dienone is 1. The lowest BCUT2D eigenvalue weighted by Gasteiger charge is -2.06. The fourth-order valence-corrected chi connectivity index (χ4v) is 3.60. The summed E-state index contributed by atoms with van der Waals surface area (Å²) < 4.78 is 4.83. The van der Waals surface area contributed by atoms with Gasteiger partial charge < -0.3 is 4.74 Å². The molecule has 0 fully saturated rings. The van der Waals surface area contributed by atoms with Crippen molar-refractivity contribution in [3.8, 4) is 0 Å². The molecular weight excluding hydrogens is 368 g/mol. The molecule has 0 unspecified atom stereocenters. The maximum Gasteiger partial charge on any atom is 0.338 e. The summed E-state index contributed by atoms with van der Waals surface area (Å²) in [4.78, 5) is 11.1. The Morgan fingerprint density at radius 1 is 0.867 bits per heavy atom. The lowest BCUT2D eigenvalue weighted by atomic mass is 10.00. The van der Waals surface area contributed by atoms with E-state index in [1.807, 2.05) is 19.1 Å². The second-order valence-corrected chi connectivity index (χ2v) is 7.69. The van der Waals surface area contributed by atoms with E-state index in [1.165, 1.54) is 28.7 Å². The van der Waals surface area contributed by atoms with Gasteiger partial charge in [-0.15, -0.1) is 0 Å². The summed E-state index contributed by atoms with van der Waals surface area (Å²) >= 11 is 0. The quantitative estimate of drug-likeness (QED) is 0.445. The maximum absolute atomic E-state index is 11.1. The highest BCUT2D eigenvalue weighted by molar-refractivity contribution is 5.89. The highest BCUT2D eigenvalue weighted by atomic mass is 16.5. The highest BCUT2D eigenvalue weighted by Crippen LogP contribution is 2.27. The van der Waals surface area contributed by atoms with Crippen molar-refractivity contribution in [3.05, 3.63) is 112 Å². The minimum atomic E-state index is -0.252. The fourth-order valence-electron chi connectivity index (χ4n) is 3.60. The van der Waals surface area contributed by atoms with Crippen molar-refractivity contribution < 1.29 is 9.53 Å². The Morgan fingerprint density at radius 3 is 2.27 bits per heavy atom. The molecule has 0 bridgehead atoms. The fraction of sp³-hybridized carbons (Fsp3) is 0.250. The van der Waals surface area contributed by atoms with Crippen LogP contribution in [-0.4, -0.2) is 12.6 Å². The standard InChI is InChI=1S/C18H18.C10H12O2/c1-14-6-2-3-7-16(14)11-10-15-12-17-8-4-5-9-18(17)13-15;1-3-12-10(11)9-6-4-8(2)5-7-9/h2-9,12H,10-11,13H2,1H3;4-7H,3H2,1-2H3. The summed E-state index contributed by atoms with van der Waals surface area (Å²) in [6.45, 7) is 6.40. The molecule has 1 aliphatic carbocycles. The average Bonchev–Trinajstić information content (AvgIpc) is 3.17. The van der Waals surface area contributed by atoms with Crippen LogP contribution in [0.25, 0.3) is 6.08 Å². The molecule has 4 rings (SSSR count). The van der Waals surface area contributed by atoms with Gasteiger partial charge >= 0.3 is 5.97 Å². The topological polar surface area (TPSA) is 26.3 Å². The zero-order valence-electron chi connectivity index (χ0n) is 18.2. The molecule has 0 spiro atoms. The number of fused-ring (bicyclic) bond motifs is 1. The number of carbonyl (C=O) groups is 1. The van der Waals surface area contributed by atoms with Gasteiger partial charge in [0.05, 0.1) is 12.2 Å². The predicted octanol–water partition coefficient (Wildman–Crippen LogP) is 6.74. The van der Waals surface area contributed by atoms with E-state index in [0.29, 0.717) is 12.2 Å². The Balaban J connectivity index is 0.000000187. The first kappa shape index (κ1) is 21.6. The van der Waals surface area contributed by atoms with Gasteiger partial charge in [-0.1, -0.05) is 77.9 Å². The maximum atomic E-state index is 11.1. The number of ether oxygens (including phenoxy) is 1. The van der Waals surface area contributed by atoms with E-state index in [0.717, 1.165) is 18.4 Å². The van der Waals surface area contributed by atoms with Crippen LogP contribution in [0.15, 0.2) is 78.4 Å². The number of hydrogen-bond acceptors (Lipinski definition) is 2. The van der Waals surface area contributed by atoms with Gasteiger partial charge in [-0.05, 0) is 74.4 Å². The van der Waals surface area contributed by atoms with Crippen molar-refractivity contribution in [1.82, 2.24) is 0 Å². The van der Waals surface area contributed by atoms with Crippen LogP contribution in [0.5, 0.6) is 0 Å². The van der Waals surface area contributed by atoms with E-state index in [-0.39, 0.29) is 5.97 Å². The first-order valence-corrected chi connectivity index (χ1v) is 10.6. The van der Waals surface area contributed by atoms with E-state index in [9.17, 15) is 4.79 Å². The van der Waals surface area contributed by atoms with E-state index in [2.05, 4.69) is 61.5 Å². The van der Waals surface area contributed by atoms with Gasteiger partial charge in [-0.2, -0.15) is 0 Å². The Labute approximate surface area is 180 Å². The minimum absolute atomic E-state index is 0.252. The second kappa shape index (κ2) is 10.6. The average molecular weight is 399 g/mol. The van der Waals surface area contributed by atoms with Gasteiger partial charge in [0, 0.05) is 0 Å². The number of hydrogen-bond donors (Lipinski definition) is 0. The molecule has 2 nitrogen and oxygen atoms in total. The van der Waals surface area contributed by atoms with Crippen molar-refractivity contribution in [2.75, 3.05) is 6.61 Å². The van der Waals surface area contributed by atoms with E-state index in [4.69, 9.17) is 4.74 Å². The van der Waals surface area contributed by atoms with Gasteiger partial charge in [-0.25, -0.2) is 4.79 Å². The molecular formula is C28H30O2. The van der Waals surface area contributed by atoms with Gasteiger partial charge in [0.1, 0.15) is 0 Å². The van der Waals surface area contributed by atoms with Crippen LogP contribution in [0.1, 0.15) is 51.5 Å². The third-order valence-corrected chi connectivity index (χ3v) is 5.37. The lowest BCUT2D eigenvalue weighted by molar-refractivity contribution is 0.0526. The summed E-state index contributed by atoms with van der Waals surface area (Å²) in [6, 6.07) is 24.8. The van der Waals surface area contributed by atoms with Crippen LogP contribution in [0.4, 0.5) is 0 Å². The van der Waals surface area contributed by atoms with Crippen molar-refractivity contribution >= 4 is 12.0 Å². The lowest BCUT2D eigenvalue weighted by Crippen LogP contribution is -2.03. The Hall–Kier alpha value is -3.13. The summed E-state index contributed by atoms with van der Waals surface area (Å²) in [5.74, 6) is -0.252. The highest BCUT2D eigenvalue weighted by Gasteiger charge is 2.11. The first-order chi connectivity index (χ1) is 14.6. The van der Waals surface area contributed by atoms with Crippen LogP contribution >= 0.6 is 0 Å². The largest absolute Gasteiger partial charge is 0.462 e. The zero-order chi connectivity index (χ0) is 21.3. The Bertz CT molecular complexity index is 1010. The molecule has 2 heteroatoms. The van der Waals surface area contributed by atoms with Crippen LogP contribution < -0.4 is 0 Å². The van der Waals surface area contributed by atoms with Crippen LogP contribution in [-0.2, 0) is 17.6 Å². The molecule has 0 saturated carbocycles. The number of benzene rings is 3.